The molecule has 1 aromatic carbocycles. The Morgan fingerprint density at radius 2 is 1.80 bits per heavy atom. The van der Waals surface area contributed by atoms with Gasteiger partial charge in [-0.15, -0.1) is 0 Å². The number of piperazine rings is 1. The summed E-state index contributed by atoms with van der Waals surface area (Å²) in [5, 5.41) is 2.86. The Morgan fingerprint density at radius 3 is 2.44 bits per heavy atom. The fourth-order valence-corrected chi connectivity index (χ4v) is 2.68. The third-order valence-electron chi connectivity index (χ3n) is 3.85. The molecule has 2 amide bonds. The molecule has 0 saturated carbocycles. The van der Waals surface area contributed by atoms with Crippen molar-refractivity contribution in [1.82, 2.24) is 14.9 Å². The van der Waals surface area contributed by atoms with Crippen LogP contribution in [0.4, 0.5) is 17.3 Å². The fourth-order valence-electron chi connectivity index (χ4n) is 2.50. The number of hydrogen-bond donors (Lipinski definition) is 2. The van der Waals surface area contributed by atoms with Gasteiger partial charge in [0, 0.05) is 44.3 Å². The smallest absolute Gasteiger partial charge is 0.313 e. The standard InChI is InChI=1S/C16H17ClN6O2/c17-12-10-11(2-3-13(12)18)21-14(24)15(25)22-6-8-23(9-7-22)16-19-4-1-5-20-16/h1-5,10H,6-9,18H2,(H,21,24). The van der Waals surface area contributed by atoms with Gasteiger partial charge in [-0.3, -0.25) is 9.59 Å². The zero-order chi connectivity index (χ0) is 17.8. The average Bonchev–Trinajstić information content (AvgIpc) is 2.65. The molecule has 1 saturated heterocycles. The van der Waals surface area contributed by atoms with E-state index in [-0.39, 0.29) is 0 Å². The summed E-state index contributed by atoms with van der Waals surface area (Å²) < 4.78 is 0. The molecular formula is C16H17ClN6O2. The van der Waals surface area contributed by atoms with Crippen LogP contribution in [0.15, 0.2) is 36.7 Å². The van der Waals surface area contributed by atoms with Crippen LogP contribution >= 0.6 is 11.6 Å². The van der Waals surface area contributed by atoms with Crippen LogP contribution in [0.2, 0.25) is 5.02 Å². The van der Waals surface area contributed by atoms with E-state index in [9.17, 15) is 9.59 Å². The molecule has 9 heteroatoms. The number of anilines is 3. The van der Waals surface area contributed by atoms with Crippen LogP contribution in [-0.2, 0) is 9.59 Å². The molecular weight excluding hydrogens is 344 g/mol. The Morgan fingerprint density at radius 1 is 1.12 bits per heavy atom. The number of benzene rings is 1. The number of hydrogen-bond acceptors (Lipinski definition) is 6. The van der Waals surface area contributed by atoms with E-state index in [0.29, 0.717) is 48.5 Å². The maximum atomic E-state index is 12.3. The van der Waals surface area contributed by atoms with E-state index in [0.717, 1.165) is 0 Å². The predicted octanol–water partition coefficient (Wildman–Crippen LogP) is 0.999. The predicted molar refractivity (Wildman–Crippen MR) is 95.3 cm³/mol. The number of halogens is 1. The van der Waals surface area contributed by atoms with Crippen molar-refractivity contribution in [1.29, 1.82) is 0 Å². The van der Waals surface area contributed by atoms with Gasteiger partial charge in [0.2, 0.25) is 5.95 Å². The van der Waals surface area contributed by atoms with E-state index >= 15 is 0 Å². The lowest BCUT2D eigenvalue weighted by atomic mass is 10.2. The second-order valence-electron chi connectivity index (χ2n) is 5.52. The van der Waals surface area contributed by atoms with Crippen molar-refractivity contribution >= 4 is 40.7 Å². The number of rotatable bonds is 2. The van der Waals surface area contributed by atoms with Crippen LogP contribution in [0.3, 0.4) is 0 Å². The van der Waals surface area contributed by atoms with E-state index in [1.165, 1.54) is 11.0 Å². The zero-order valence-electron chi connectivity index (χ0n) is 13.4. The molecule has 1 fully saturated rings. The van der Waals surface area contributed by atoms with Crippen molar-refractivity contribution in [3.63, 3.8) is 0 Å². The highest BCUT2D eigenvalue weighted by Gasteiger charge is 2.27. The maximum absolute atomic E-state index is 12.3. The molecule has 1 aromatic heterocycles. The molecule has 0 radical (unpaired) electrons. The third-order valence-corrected chi connectivity index (χ3v) is 4.18. The second kappa shape index (κ2) is 7.35. The van der Waals surface area contributed by atoms with Crippen molar-refractivity contribution in [2.75, 3.05) is 42.1 Å². The molecule has 0 spiro atoms. The third kappa shape index (κ3) is 3.97. The normalized spacial score (nSPS) is 14.3. The Kier molecular flexibility index (Phi) is 4.99. The summed E-state index contributed by atoms with van der Waals surface area (Å²) in [6, 6.07) is 6.42. The maximum Gasteiger partial charge on any atom is 0.313 e. The molecule has 3 N–H and O–H groups in total. The first kappa shape index (κ1) is 17.0. The van der Waals surface area contributed by atoms with Crippen LogP contribution in [0, 0.1) is 0 Å². The van der Waals surface area contributed by atoms with Crippen LogP contribution in [0.1, 0.15) is 0 Å². The fraction of sp³-hybridized carbons (Fsp3) is 0.250. The summed E-state index contributed by atoms with van der Waals surface area (Å²) in [4.78, 5) is 36.3. The van der Waals surface area contributed by atoms with Crippen molar-refractivity contribution in [2.45, 2.75) is 0 Å². The van der Waals surface area contributed by atoms with Crippen molar-refractivity contribution < 1.29 is 9.59 Å². The highest BCUT2D eigenvalue weighted by molar-refractivity contribution is 6.40. The largest absolute Gasteiger partial charge is 0.398 e. The van der Waals surface area contributed by atoms with Crippen molar-refractivity contribution in [2.24, 2.45) is 0 Å². The van der Waals surface area contributed by atoms with Gasteiger partial charge >= 0.3 is 11.8 Å². The summed E-state index contributed by atoms with van der Waals surface area (Å²) in [5.74, 6) is -0.664. The van der Waals surface area contributed by atoms with Crippen molar-refractivity contribution in [3.05, 3.63) is 41.7 Å². The molecule has 1 aliphatic heterocycles. The molecule has 0 aliphatic carbocycles. The van der Waals surface area contributed by atoms with Crippen LogP contribution in [0.25, 0.3) is 0 Å². The van der Waals surface area contributed by atoms with E-state index in [1.807, 2.05) is 4.90 Å². The first-order chi connectivity index (χ1) is 12.0. The number of nitrogen functional groups attached to an aromatic ring is 1. The highest BCUT2D eigenvalue weighted by Crippen LogP contribution is 2.22. The van der Waals surface area contributed by atoms with Gasteiger partial charge in [-0.1, -0.05) is 11.6 Å². The van der Waals surface area contributed by atoms with E-state index in [4.69, 9.17) is 17.3 Å². The molecule has 130 valence electrons. The van der Waals surface area contributed by atoms with Crippen LogP contribution in [0.5, 0.6) is 0 Å². The van der Waals surface area contributed by atoms with E-state index < -0.39 is 11.8 Å². The molecule has 3 rings (SSSR count). The summed E-state index contributed by atoms with van der Waals surface area (Å²) in [6.45, 7) is 1.98. The summed E-state index contributed by atoms with van der Waals surface area (Å²) >= 11 is 5.91. The zero-order valence-corrected chi connectivity index (χ0v) is 14.1. The van der Waals surface area contributed by atoms with Gasteiger partial charge in [0.05, 0.1) is 10.7 Å². The number of carbonyl (C=O) groups excluding carboxylic acids is 2. The van der Waals surface area contributed by atoms with E-state index in [2.05, 4.69) is 15.3 Å². The SMILES string of the molecule is Nc1ccc(NC(=O)C(=O)N2CCN(c3ncccn3)CC2)cc1Cl. The van der Waals surface area contributed by atoms with Gasteiger partial charge in [-0.05, 0) is 24.3 Å². The lowest BCUT2D eigenvalue weighted by Gasteiger charge is -2.34. The Balaban J connectivity index is 1.56. The minimum atomic E-state index is -0.703. The minimum Gasteiger partial charge on any atom is -0.398 e. The quantitative estimate of drug-likeness (QED) is 0.611. The number of aromatic nitrogens is 2. The Hall–Kier alpha value is -2.87. The number of nitrogens with one attached hydrogen (secondary N) is 1. The number of nitrogens with two attached hydrogens (primary N) is 1. The molecule has 0 unspecified atom stereocenters. The molecule has 0 atom stereocenters. The van der Waals surface area contributed by atoms with Gasteiger partial charge in [-0.25, -0.2) is 9.97 Å². The summed E-state index contributed by atoms with van der Waals surface area (Å²) in [7, 11) is 0. The first-order valence-corrected chi connectivity index (χ1v) is 8.09. The number of nitrogens with zero attached hydrogens (tertiary/aromatic N) is 4. The van der Waals surface area contributed by atoms with E-state index in [1.54, 1.807) is 30.6 Å². The number of carbonyl (C=O) groups is 2. The molecule has 1 aliphatic rings. The lowest BCUT2D eigenvalue weighted by Crippen LogP contribution is -2.52. The van der Waals surface area contributed by atoms with Crippen LogP contribution < -0.4 is 16.0 Å². The molecule has 0 bridgehead atoms. The van der Waals surface area contributed by atoms with Gasteiger partial charge in [0.25, 0.3) is 0 Å². The van der Waals surface area contributed by atoms with Crippen LogP contribution in [-0.4, -0.2) is 52.9 Å². The average molecular weight is 361 g/mol. The van der Waals surface area contributed by atoms with Gasteiger partial charge < -0.3 is 20.9 Å². The summed E-state index contributed by atoms with van der Waals surface area (Å²) in [6.07, 6.45) is 3.34. The topological polar surface area (TPSA) is 104 Å². The minimum absolute atomic E-state index is 0.321. The Labute approximate surface area is 149 Å². The monoisotopic (exact) mass is 360 g/mol. The molecule has 2 aromatic rings. The molecule has 25 heavy (non-hydrogen) atoms. The van der Waals surface area contributed by atoms with Gasteiger partial charge in [0.1, 0.15) is 0 Å². The second-order valence-corrected chi connectivity index (χ2v) is 5.93. The van der Waals surface area contributed by atoms with Gasteiger partial charge in [-0.2, -0.15) is 0 Å². The highest BCUT2D eigenvalue weighted by atomic mass is 35.5. The lowest BCUT2D eigenvalue weighted by molar-refractivity contribution is -0.143. The summed E-state index contributed by atoms with van der Waals surface area (Å²) in [5.41, 5.74) is 6.46. The molecule has 2 heterocycles. The van der Waals surface area contributed by atoms with Gasteiger partial charge in [0.15, 0.2) is 0 Å². The Bertz CT molecular complexity index is 777. The van der Waals surface area contributed by atoms with Crippen molar-refractivity contribution in [3.8, 4) is 0 Å². The molecule has 8 nitrogen and oxygen atoms in total. The number of amides is 2. The first-order valence-electron chi connectivity index (χ1n) is 7.72.